The summed E-state index contributed by atoms with van der Waals surface area (Å²) in [6.07, 6.45) is 15.2. The van der Waals surface area contributed by atoms with Crippen molar-refractivity contribution < 1.29 is 18.7 Å². The van der Waals surface area contributed by atoms with Gasteiger partial charge in [0, 0.05) is 19.1 Å². The van der Waals surface area contributed by atoms with E-state index in [9.17, 15) is 5.11 Å². The van der Waals surface area contributed by atoms with Gasteiger partial charge in [-0.2, -0.15) is 0 Å². The lowest BCUT2D eigenvalue weighted by Crippen LogP contribution is -2.48. The molecule has 3 saturated carbocycles. The van der Waals surface area contributed by atoms with E-state index in [0.29, 0.717) is 41.3 Å². The van der Waals surface area contributed by atoms with E-state index >= 15 is 0 Å². The molecule has 4 nitrogen and oxygen atoms in total. The first-order valence-corrected chi connectivity index (χ1v) is 24.4. The summed E-state index contributed by atoms with van der Waals surface area (Å²) in [6.45, 7) is 26.2. The molecule has 1 saturated heterocycles. The van der Waals surface area contributed by atoms with Crippen LogP contribution in [0, 0.1) is 29.1 Å². The lowest BCUT2D eigenvalue weighted by atomic mass is 9.62. The Morgan fingerprint density at radius 1 is 0.933 bits per heavy atom. The van der Waals surface area contributed by atoms with E-state index in [4.69, 9.17) is 20.2 Å². The first-order chi connectivity index (χ1) is 21.3. The monoisotopic (exact) mass is 660 g/mol. The van der Waals surface area contributed by atoms with Crippen molar-refractivity contribution in [1.29, 1.82) is 0 Å². The van der Waals surface area contributed by atoms with E-state index < -0.39 is 22.2 Å². The van der Waals surface area contributed by atoms with Crippen molar-refractivity contribution in [3.63, 3.8) is 0 Å². The van der Waals surface area contributed by atoms with Gasteiger partial charge in [-0.1, -0.05) is 66.7 Å². The molecule has 4 fully saturated rings. The topological polar surface area (TPSA) is 47.9 Å². The molecule has 4 rings (SSSR count). The number of hydrogen-bond acceptors (Lipinski definition) is 4. The van der Waals surface area contributed by atoms with Crippen LogP contribution in [0.25, 0.3) is 0 Å². The Balaban J connectivity index is 1.51. The van der Waals surface area contributed by atoms with Gasteiger partial charge in [0.2, 0.25) is 0 Å². The maximum atomic E-state index is 10.4. The zero-order chi connectivity index (χ0) is 33.0. The van der Waals surface area contributed by atoms with Crippen molar-refractivity contribution >= 4 is 16.6 Å². The third kappa shape index (κ3) is 8.50. The van der Waals surface area contributed by atoms with E-state index in [0.717, 1.165) is 38.7 Å². The van der Waals surface area contributed by atoms with Crippen molar-refractivity contribution in [2.24, 2.45) is 29.1 Å². The number of rotatable bonds is 15. The molecule has 1 N–H and O–H groups in total. The predicted octanol–water partition coefficient (Wildman–Crippen LogP) is 10.8. The second-order valence-corrected chi connectivity index (χ2v) is 26.1. The minimum absolute atomic E-state index is 0.153. The predicted molar refractivity (Wildman–Crippen MR) is 196 cm³/mol. The molecule has 0 spiro atoms. The summed E-state index contributed by atoms with van der Waals surface area (Å²) in [4.78, 5) is 0. The molecule has 0 aromatic carbocycles. The Hall–Kier alpha value is -0.246. The van der Waals surface area contributed by atoms with Gasteiger partial charge < -0.3 is 18.7 Å². The Kier molecular flexibility index (Phi) is 13.0. The third-order valence-electron chi connectivity index (χ3n) is 13.7. The molecule has 0 amide bonds. The molecule has 0 aromatic heterocycles. The highest BCUT2D eigenvalue weighted by molar-refractivity contribution is 6.74. The molecule has 8 atom stereocenters. The van der Waals surface area contributed by atoms with Crippen LogP contribution in [-0.4, -0.2) is 52.3 Å². The Labute approximate surface area is 280 Å². The van der Waals surface area contributed by atoms with Crippen LogP contribution in [0.4, 0.5) is 0 Å². The lowest BCUT2D eigenvalue weighted by Gasteiger charge is -2.45. The number of ether oxygens (including phenoxy) is 1. The highest BCUT2D eigenvalue weighted by atomic mass is 28.4. The van der Waals surface area contributed by atoms with Gasteiger partial charge in [0.05, 0.1) is 17.8 Å². The molecule has 45 heavy (non-hydrogen) atoms. The van der Waals surface area contributed by atoms with Crippen LogP contribution in [0.15, 0.2) is 23.8 Å². The number of hydrogen-bond donors (Lipinski definition) is 1. The van der Waals surface area contributed by atoms with Crippen LogP contribution in [-0.2, 0) is 13.6 Å². The SMILES string of the molecule is C=C1C(O[Si](CC)(CC)CC)C[C@H](O[Si](CC)(CC)CC)C[C@H]1C/C=C1\CCC[C@]2(C)[C@@H]([C@@H]3C[C@H](CC(C)(C)O)CO3)CC[C@@H]12. The first kappa shape index (κ1) is 37.6. The minimum atomic E-state index is -1.76. The summed E-state index contributed by atoms with van der Waals surface area (Å²) in [5.41, 5.74) is 2.81. The van der Waals surface area contributed by atoms with Crippen molar-refractivity contribution in [1.82, 2.24) is 0 Å². The maximum absolute atomic E-state index is 10.4. The van der Waals surface area contributed by atoms with Gasteiger partial charge in [0.25, 0.3) is 0 Å². The molecule has 1 aliphatic heterocycles. The van der Waals surface area contributed by atoms with E-state index in [2.05, 4.69) is 54.5 Å². The van der Waals surface area contributed by atoms with Gasteiger partial charge in [-0.15, -0.1) is 0 Å². The van der Waals surface area contributed by atoms with Crippen LogP contribution in [0.3, 0.4) is 0 Å². The molecule has 6 heteroatoms. The molecular formula is C39H72O4Si2. The molecule has 4 aliphatic rings. The van der Waals surface area contributed by atoms with Crippen molar-refractivity contribution in [2.75, 3.05) is 6.61 Å². The van der Waals surface area contributed by atoms with E-state index in [1.54, 1.807) is 5.57 Å². The zero-order valence-electron chi connectivity index (χ0n) is 31.0. The summed E-state index contributed by atoms with van der Waals surface area (Å²) in [5.74, 6) is 2.26. The fourth-order valence-electron chi connectivity index (χ4n) is 10.4. The highest BCUT2D eigenvalue weighted by Crippen LogP contribution is 2.60. The van der Waals surface area contributed by atoms with Crippen LogP contribution < -0.4 is 0 Å². The second kappa shape index (κ2) is 15.5. The molecule has 1 unspecified atom stereocenters. The van der Waals surface area contributed by atoms with Crippen LogP contribution in [0.5, 0.6) is 0 Å². The standard InChI is InChI=1S/C39H72O4Si2/c1-11-44(12-2,13-3)42-33-25-32(29(7)36(26-33)43-45(14-4,15-5)16-6)20-19-31-18-17-23-39(10)34(31)21-22-35(39)37-24-30(28-41-37)27-38(8,9)40/h19,30,32-37,40H,7,11-18,20-28H2,1-6,8-10H3/b31-19+/t30-,32-,33-,34+,35-,36?,37+,39+/m1/s1. The molecule has 0 radical (unpaired) electrons. The van der Waals surface area contributed by atoms with Gasteiger partial charge in [-0.3, -0.25) is 0 Å². The summed E-state index contributed by atoms with van der Waals surface area (Å²) >= 11 is 0. The minimum Gasteiger partial charge on any atom is -0.414 e. The van der Waals surface area contributed by atoms with Gasteiger partial charge in [-0.25, -0.2) is 0 Å². The summed E-state index contributed by atoms with van der Waals surface area (Å²) in [7, 11) is -3.46. The fourth-order valence-corrected chi connectivity index (χ4v) is 16.2. The maximum Gasteiger partial charge on any atom is 0.192 e. The average Bonchev–Trinajstić information content (AvgIpc) is 3.61. The van der Waals surface area contributed by atoms with Crippen LogP contribution in [0.1, 0.15) is 127 Å². The first-order valence-electron chi connectivity index (χ1n) is 19.4. The van der Waals surface area contributed by atoms with E-state index in [1.807, 2.05) is 13.8 Å². The Morgan fingerprint density at radius 3 is 2.16 bits per heavy atom. The summed E-state index contributed by atoms with van der Waals surface area (Å²) in [6, 6.07) is 7.18. The zero-order valence-corrected chi connectivity index (χ0v) is 33.0. The lowest BCUT2D eigenvalue weighted by molar-refractivity contribution is -0.00235. The Morgan fingerprint density at radius 2 is 1.56 bits per heavy atom. The van der Waals surface area contributed by atoms with Gasteiger partial charge in [-0.05, 0) is 143 Å². The Bertz CT molecular complexity index is 979. The van der Waals surface area contributed by atoms with Crippen LogP contribution >= 0.6 is 0 Å². The molecule has 3 aliphatic carbocycles. The van der Waals surface area contributed by atoms with Crippen molar-refractivity contribution in [2.45, 2.75) is 187 Å². The normalized spacial score (nSPS) is 35.7. The quantitative estimate of drug-likeness (QED) is 0.140. The van der Waals surface area contributed by atoms with Gasteiger partial charge >= 0.3 is 0 Å². The molecule has 0 bridgehead atoms. The highest BCUT2D eigenvalue weighted by Gasteiger charge is 2.53. The second-order valence-electron chi connectivity index (χ2n) is 16.7. The largest absolute Gasteiger partial charge is 0.414 e. The molecule has 1 heterocycles. The summed E-state index contributed by atoms with van der Waals surface area (Å²) in [5, 5.41) is 10.4. The smallest absolute Gasteiger partial charge is 0.192 e. The molecule has 0 aromatic rings. The van der Waals surface area contributed by atoms with Gasteiger partial charge in [0.1, 0.15) is 0 Å². The fraction of sp³-hybridized carbons (Fsp3) is 0.897. The van der Waals surface area contributed by atoms with Crippen molar-refractivity contribution in [3.05, 3.63) is 23.8 Å². The average molecular weight is 661 g/mol. The molecule has 260 valence electrons. The summed E-state index contributed by atoms with van der Waals surface area (Å²) < 4.78 is 21.0. The molecular weight excluding hydrogens is 589 g/mol. The number of aliphatic hydroxyl groups is 1. The van der Waals surface area contributed by atoms with Crippen LogP contribution in [0.2, 0.25) is 36.3 Å². The number of fused-ring (bicyclic) bond motifs is 1. The van der Waals surface area contributed by atoms with E-state index in [-0.39, 0.29) is 6.10 Å². The third-order valence-corrected chi connectivity index (χ3v) is 23.0. The van der Waals surface area contributed by atoms with E-state index in [1.165, 1.54) is 73.9 Å². The van der Waals surface area contributed by atoms with Crippen molar-refractivity contribution in [3.8, 4) is 0 Å². The van der Waals surface area contributed by atoms with Gasteiger partial charge in [0.15, 0.2) is 16.6 Å². The number of allylic oxidation sites excluding steroid dienone is 2.